The summed E-state index contributed by atoms with van der Waals surface area (Å²) in [6.07, 6.45) is 5.52. The van der Waals surface area contributed by atoms with Crippen molar-refractivity contribution in [3.05, 3.63) is 0 Å². The zero-order chi connectivity index (χ0) is 9.26. The van der Waals surface area contributed by atoms with E-state index in [1.807, 2.05) is 0 Å². The highest BCUT2D eigenvalue weighted by atomic mass is 16.1. The second kappa shape index (κ2) is 3.66. The summed E-state index contributed by atoms with van der Waals surface area (Å²) in [5, 5.41) is 3.07. The van der Waals surface area contributed by atoms with Crippen molar-refractivity contribution >= 4 is 5.91 Å². The van der Waals surface area contributed by atoms with Gasteiger partial charge in [-0.2, -0.15) is 0 Å². The van der Waals surface area contributed by atoms with Crippen LogP contribution in [0.2, 0.25) is 0 Å². The van der Waals surface area contributed by atoms with Gasteiger partial charge >= 0.3 is 0 Å². The Morgan fingerprint density at radius 3 is 2.69 bits per heavy atom. The van der Waals surface area contributed by atoms with Crippen LogP contribution in [0, 0.1) is 11.8 Å². The van der Waals surface area contributed by atoms with Gasteiger partial charge in [0.1, 0.15) is 0 Å². The van der Waals surface area contributed by atoms with Gasteiger partial charge in [-0.15, -0.1) is 0 Å². The van der Waals surface area contributed by atoms with Crippen molar-refractivity contribution in [3.8, 4) is 0 Å². The molecule has 2 fully saturated rings. The molecule has 1 heterocycles. The maximum absolute atomic E-state index is 11.1. The number of hydrogen-bond acceptors (Lipinski definition) is 2. The first-order chi connectivity index (χ1) is 6.31. The fourth-order valence-electron chi connectivity index (χ4n) is 2.44. The molecule has 1 aliphatic heterocycles. The molecule has 2 rings (SSSR count). The molecule has 0 radical (unpaired) electrons. The third-order valence-corrected chi connectivity index (χ3v) is 3.27. The van der Waals surface area contributed by atoms with Gasteiger partial charge in [0, 0.05) is 12.5 Å². The minimum Gasteiger partial charge on any atom is -0.353 e. The van der Waals surface area contributed by atoms with E-state index in [-0.39, 0.29) is 5.91 Å². The largest absolute Gasteiger partial charge is 0.353 e. The Bertz CT molecular complexity index is 201. The van der Waals surface area contributed by atoms with E-state index >= 15 is 0 Å². The molecule has 74 valence electrons. The first-order valence-corrected chi connectivity index (χ1v) is 5.30. The highest BCUT2D eigenvalue weighted by Gasteiger charge is 2.38. The van der Waals surface area contributed by atoms with Gasteiger partial charge in [-0.05, 0) is 44.1 Å². The van der Waals surface area contributed by atoms with E-state index in [0.717, 1.165) is 31.7 Å². The smallest absolute Gasteiger partial charge is 0.220 e. The van der Waals surface area contributed by atoms with Crippen LogP contribution in [0.4, 0.5) is 0 Å². The van der Waals surface area contributed by atoms with Crippen LogP contribution in [0.5, 0.6) is 0 Å². The summed E-state index contributed by atoms with van der Waals surface area (Å²) >= 11 is 0. The van der Waals surface area contributed by atoms with Crippen molar-refractivity contribution < 1.29 is 4.79 Å². The fourth-order valence-corrected chi connectivity index (χ4v) is 2.44. The zero-order valence-corrected chi connectivity index (χ0v) is 7.96. The van der Waals surface area contributed by atoms with Crippen LogP contribution < -0.4 is 11.1 Å². The number of amides is 1. The monoisotopic (exact) mass is 182 g/mol. The standard InChI is InChI=1S/C10H18N2O/c11-6-5-8(7-1-2-7)9-3-4-10(13)12-9/h7-9H,1-6,11H2,(H,12,13). The third-order valence-electron chi connectivity index (χ3n) is 3.27. The molecule has 1 saturated heterocycles. The highest BCUT2D eigenvalue weighted by Crippen LogP contribution is 2.41. The van der Waals surface area contributed by atoms with Crippen molar-refractivity contribution in [3.63, 3.8) is 0 Å². The molecule has 1 amide bonds. The van der Waals surface area contributed by atoms with E-state index in [0.29, 0.717) is 12.0 Å². The van der Waals surface area contributed by atoms with Crippen molar-refractivity contribution in [2.45, 2.75) is 38.1 Å². The van der Waals surface area contributed by atoms with Crippen molar-refractivity contribution in [1.82, 2.24) is 5.32 Å². The Kier molecular flexibility index (Phi) is 2.54. The van der Waals surface area contributed by atoms with E-state index in [1.54, 1.807) is 0 Å². The number of carbonyl (C=O) groups excluding carboxylic acids is 1. The van der Waals surface area contributed by atoms with E-state index < -0.39 is 0 Å². The molecule has 13 heavy (non-hydrogen) atoms. The van der Waals surface area contributed by atoms with Gasteiger partial charge in [0.25, 0.3) is 0 Å². The molecule has 1 saturated carbocycles. The Hall–Kier alpha value is -0.570. The molecular weight excluding hydrogens is 164 g/mol. The first kappa shape index (κ1) is 9.00. The van der Waals surface area contributed by atoms with Gasteiger partial charge < -0.3 is 11.1 Å². The maximum Gasteiger partial charge on any atom is 0.220 e. The van der Waals surface area contributed by atoms with Crippen LogP contribution in [0.1, 0.15) is 32.1 Å². The molecule has 0 bridgehead atoms. The predicted molar refractivity (Wildman–Crippen MR) is 51.1 cm³/mol. The van der Waals surface area contributed by atoms with Gasteiger partial charge in [-0.25, -0.2) is 0 Å². The van der Waals surface area contributed by atoms with Crippen LogP contribution in [-0.2, 0) is 4.79 Å². The molecule has 0 spiro atoms. The SMILES string of the molecule is NCCC(C1CC1)C1CCC(=O)N1. The zero-order valence-electron chi connectivity index (χ0n) is 7.96. The van der Waals surface area contributed by atoms with Crippen LogP contribution in [0.15, 0.2) is 0 Å². The molecule has 0 aromatic heterocycles. The number of nitrogens with one attached hydrogen (secondary N) is 1. The molecule has 1 aliphatic carbocycles. The lowest BCUT2D eigenvalue weighted by Crippen LogP contribution is -2.35. The minimum atomic E-state index is 0.229. The number of carbonyl (C=O) groups is 1. The summed E-state index contributed by atoms with van der Waals surface area (Å²) < 4.78 is 0. The number of hydrogen-bond donors (Lipinski definition) is 2. The number of rotatable bonds is 4. The Balaban J connectivity index is 1.90. The lowest BCUT2D eigenvalue weighted by molar-refractivity contribution is -0.119. The van der Waals surface area contributed by atoms with Crippen LogP contribution in [-0.4, -0.2) is 18.5 Å². The van der Waals surface area contributed by atoms with E-state index in [1.165, 1.54) is 12.8 Å². The Labute approximate surface area is 79.1 Å². The van der Waals surface area contributed by atoms with Crippen molar-refractivity contribution in [2.75, 3.05) is 6.54 Å². The summed E-state index contributed by atoms with van der Waals surface area (Å²) in [7, 11) is 0. The molecule has 2 aliphatic rings. The average Bonchev–Trinajstić information content (AvgIpc) is 2.85. The van der Waals surface area contributed by atoms with E-state index in [2.05, 4.69) is 5.32 Å². The van der Waals surface area contributed by atoms with Gasteiger partial charge in [0.05, 0.1) is 0 Å². The summed E-state index contributed by atoms with van der Waals surface area (Å²) in [5.74, 6) is 1.75. The van der Waals surface area contributed by atoms with Gasteiger partial charge in [0.2, 0.25) is 5.91 Å². The predicted octanol–water partition coefficient (Wildman–Crippen LogP) is 0.640. The van der Waals surface area contributed by atoms with Crippen LogP contribution >= 0.6 is 0 Å². The summed E-state index contributed by atoms with van der Waals surface area (Å²) in [4.78, 5) is 11.1. The topological polar surface area (TPSA) is 55.1 Å². The molecule has 3 nitrogen and oxygen atoms in total. The van der Waals surface area contributed by atoms with Gasteiger partial charge in [0.15, 0.2) is 0 Å². The second-order valence-electron chi connectivity index (χ2n) is 4.29. The first-order valence-electron chi connectivity index (χ1n) is 5.30. The van der Waals surface area contributed by atoms with E-state index in [9.17, 15) is 4.79 Å². The molecule has 3 N–H and O–H groups in total. The third kappa shape index (κ3) is 2.02. The maximum atomic E-state index is 11.1. The molecule has 0 aromatic rings. The Morgan fingerprint density at radius 2 is 2.23 bits per heavy atom. The lowest BCUT2D eigenvalue weighted by Gasteiger charge is -2.22. The number of nitrogens with two attached hydrogens (primary N) is 1. The highest BCUT2D eigenvalue weighted by molar-refractivity contribution is 5.78. The van der Waals surface area contributed by atoms with E-state index in [4.69, 9.17) is 5.73 Å². The molecular formula is C10H18N2O. The lowest BCUT2D eigenvalue weighted by atomic mass is 9.90. The summed E-state index contributed by atoms with van der Waals surface area (Å²) in [5.41, 5.74) is 5.58. The molecule has 2 atom stereocenters. The molecule has 0 aromatic carbocycles. The summed E-state index contributed by atoms with van der Waals surface area (Å²) in [6, 6.07) is 0.434. The quantitative estimate of drug-likeness (QED) is 0.670. The molecule has 3 heteroatoms. The van der Waals surface area contributed by atoms with Crippen LogP contribution in [0.25, 0.3) is 0 Å². The second-order valence-corrected chi connectivity index (χ2v) is 4.29. The van der Waals surface area contributed by atoms with Gasteiger partial charge in [-0.1, -0.05) is 0 Å². The molecule has 2 unspecified atom stereocenters. The van der Waals surface area contributed by atoms with Crippen molar-refractivity contribution in [2.24, 2.45) is 17.6 Å². The summed E-state index contributed by atoms with van der Waals surface area (Å²) in [6.45, 7) is 0.757. The van der Waals surface area contributed by atoms with Gasteiger partial charge in [-0.3, -0.25) is 4.79 Å². The van der Waals surface area contributed by atoms with Crippen molar-refractivity contribution in [1.29, 1.82) is 0 Å². The normalized spacial score (nSPS) is 30.2. The fraction of sp³-hybridized carbons (Fsp3) is 0.900. The Morgan fingerprint density at radius 1 is 1.46 bits per heavy atom. The minimum absolute atomic E-state index is 0.229. The van der Waals surface area contributed by atoms with Crippen LogP contribution in [0.3, 0.4) is 0 Å². The average molecular weight is 182 g/mol.